The van der Waals surface area contributed by atoms with Crippen molar-refractivity contribution >= 4 is 37.5 Å². The summed E-state index contributed by atoms with van der Waals surface area (Å²) in [5.74, 6) is -2.60. The number of ether oxygens (including phenoxy) is 8. The molecule has 3 unspecified atom stereocenters. The molecule has 0 aromatic heterocycles. The maximum atomic E-state index is 13.0. The fraction of sp³-hybridized carbons (Fsp3) is 0.914. The van der Waals surface area contributed by atoms with Gasteiger partial charge in [-0.25, -0.2) is 4.57 Å². The van der Waals surface area contributed by atoms with Crippen molar-refractivity contribution in [2.24, 2.45) is 0 Å². The van der Waals surface area contributed by atoms with Gasteiger partial charge in [0, 0.05) is 39.9 Å². The molecule has 0 spiro atoms. The van der Waals surface area contributed by atoms with E-state index in [4.69, 9.17) is 46.9 Å². The van der Waals surface area contributed by atoms with E-state index in [1.807, 2.05) is 0 Å². The lowest BCUT2D eigenvalue weighted by molar-refractivity contribution is -0.161. The van der Waals surface area contributed by atoms with E-state index in [0.29, 0.717) is 32.7 Å². The molecule has 0 rings (SSSR count). The SMILES string of the molecule is CCCCCCCCCCCCCCCCCC(=O)OCC(COP(=O)(O)OCCCC(=O)CC(COC(=O)CCOCCOC)OC(=O)CCOCCOC)OC(=O)CCCCCCCCCCCCCCCCC. The van der Waals surface area contributed by atoms with Crippen LogP contribution >= 0.6 is 7.82 Å². The van der Waals surface area contributed by atoms with Crippen LogP contribution in [0.2, 0.25) is 0 Å². The first-order valence-corrected chi connectivity index (χ1v) is 31.4. The zero-order valence-electron chi connectivity index (χ0n) is 48.3. The monoisotopic (exact) mass is 1110 g/mol. The second-order valence-corrected chi connectivity index (χ2v) is 21.6. The van der Waals surface area contributed by atoms with Crippen LogP contribution in [0.25, 0.3) is 0 Å². The Morgan fingerprint density at radius 3 is 1.16 bits per heavy atom. The van der Waals surface area contributed by atoms with Crippen molar-refractivity contribution in [1.29, 1.82) is 0 Å². The number of carbonyl (C=O) groups is 5. The predicted molar refractivity (Wildman–Crippen MR) is 296 cm³/mol. The quantitative estimate of drug-likeness (QED) is 0.0259. The van der Waals surface area contributed by atoms with Gasteiger partial charge in [0.1, 0.15) is 25.1 Å². The Kier molecular flexibility index (Phi) is 54.0. The second-order valence-electron chi connectivity index (χ2n) is 20.1. The second kappa shape index (κ2) is 55.8. The number of methoxy groups -OCH3 is 2. The molecule has 1 N–H and O–H groups in total. The molecule has 3 atom stereocenters. The molecule has 0 aliphatic carbocycles. The summed E-state index contributed by atoms with van der Waals surface area (Å²) in [5.41, 5.74) is 0. The van der Waals surface area contributed by atoms with Gasteiger partial charge in [0.15, 0.2) is 6.10 Å². The molecule has 17 nitrogen and oxygen atoms in total. The van der Waals surface area contributed by atoms with Crippen LogP contribution < -0.4 is 0 Å². The van der Waals surface area contributed by atoms with E-state index < -0.39 is 50.5 Å². The summed E-state index contributed by atoms with van der Waals surface area (Å²) in [7, 11) is -1.65. The third-order valence-electron chi connectivity index (χ3n) is 12.9. The summed E-state index contributed by atoms with van der Waals surface area (Å²) in [5, 5.41) is 0. The molecule has 0 fully saturated rings. The van der Waals surface area contributed by atoms with E-state index >= 15 is 0 Å². The molecule has 0 aromatic carbocycles. The molecule has 0 radical (unpaired) electrons. The van der Waals surface area contributed by atoms with Gasteiger partial charge in [-0.15, -0.1) is 0 Å². The van der Waals surface area contributed by atoms with Crippen molar-refractivity contribution in [2.45, 2.75) is 264 Å². The van der Waals surface area contributed by atoms with Gasteiger partial charge in [0.2, 0.25) is 0 Å². The number of rotatable bonds is 60. The fourth-order valence-corrected chi connectivity index (χ4v) is 9.15. The first-order chi connectivity index (χ1) is 37.0. The summed E-state index contributed by atoms with van der Waals surface area (Å²) in [6.45, 7) is 4.34. The Labute approximate surface area is 460 Å². The van der Waals surface area contributed by atoms with Gasteiger partial charge < -0.3 is 42.8 Å². The van der Waals surface area contributed by atoms with E-state index in [1.54, 1.807) is 0 Å². The topological polar surface area (TPSA) is 215 Å². The number of unbranched alkanes of at least 4 members (excludes halogenated alkanes) is 28. The van der Waals surface area contributed by atoms with Gasteiger partial charge in [0.05, 0.1) is 65.7 Å². The van der Waals surface area contributed by atoms with Gasteiger partial charge in [0.25, 0.3) is 0 Å². The van der Waals surface area contributed by atoms with Gasteiger partial charge in [-0.1, -0.05) is 194 Å². The normalized spacial score (nSPS) is 13.0. The van der Waals surface area contributed by atoms with Crippen LogP contribution in [0.15, 0.2) is 0 Å². The standard InChI is InChI=1S/C58H109O17P/c1-5-7-9-11-13-15-17-19-21-23-25-27-29-31-33-37-55(60)71-50-54(75-57(62)38-34-32-30-28-26-24-22-20-18-16-14-12-10-8-6-2)51-73-76(64,65)72-41-35-36-52(59)48-53(74-58(63)40-43-69-47-45-67-4)49-70-56(61)39-42-68-46-44-66-3/h53-54H,5-51H2,1-4H3,(H,64,65). The Morgan fingerprint density at radius 1 is 0.368 bits per heavy atom. The average Bonchev–Trinajstić information content (AvgIpc) is 3.39. The molecule has 0 aliphatic heterocycles. The smallest absolute Gasteiger partial charge is 0.462 e. The van der Waals surface area contributed by atoms with Crippen LogP contribution in [-0.4, -0.2) is 127 Å². The third-order valence-corrected chi connectivity index (χ3v) is 13.9. The Morgan fingerprint density at radius 2 is 0.724 bits per heavy atom. The Bertz CT molecular complexity index is 1420. The highest BCUT2D eigenvalue weighted by Crippen LogP contribution is 2.43. The first kappa shape index (κ1) is 73.5. The lowest BCUT2D eigenvalue weighted by Crippen LogP contribution is -2.29. The van der Waals surface area contributed by atoms with Crippen molar-refractivity contribution < 1.29 is 80.4 Å². The first-order valence-electron chi connectivity index (χ1n) is 29.9. The summed E-state index contributed by atoms with van der Waals surface area (Å²) < 4.78 is 65.5. The molecule has 0 saturated carbocycles. The lowest BCUT2D eigenvalue weighted by Gasteiger charge is -2.20. The van der Waals surface area contributed by atoms with Gasteiger partial charge >= 0.3 is 31.7 Å². The molecule has 0 aromatic rings. The zero-order valence-corrected chi connectivity index (χ0v) is 49.2. The van der Waals surface area contributed by atoms with Crippen molar-refractivity contribution in [3.63, 3.8) is 0 Å². The molecule has 0 aliphatic rings. The average molecular weight is 1110 g/mol. The van der Waals surface area contributed by atoms with Gasteiger partial charge in [-0.05, 0) is 19.3 Å². The summed E-state index contributed by atoms with van der Waals surface area (Å²) >= 11 is 0. The van der Waals surface area contributed by atoms with Gasteiger partial charge in [-0.3, -0.25) is 33.0 Å². The molecule has 448 valence electrons. The number of Topliss-reactive ketones (excluding diaryl/α,β-unsaturated/α-hetero) is 1. The third kappa shape index (κ3) is 53.5. The van der Waals surface area contributed by atoms with E-state index in [0.717, 1.165) is 38.5 Å². The number of hydrogen-bond acceptors (Lipinski definition) is 16. The van der Waals surface area contributed by atoms with Crippen molar-refractivity contribution in [1.82, 2.24) is 0 Å². The molecule has 0 bridgehead atoms. The molecule has 18 heteroatoms. The Balaban J connectivity index is 5.00. The summed E-state index contributed by atoms with van der Waals surface area (Å²) in [6, 6.07) is 0. The molecule has 0 amide bonds. The van der Waals surface area contributed by atoms with E-state index in [-0.39, 0.29) is 90.4 Å². The lowest BCUT2D eigenvalue weighted by atomic mass is 10.0. The number of esters is 4. The van der Waals surface area contributed by atoms with Crippen molar-refractivity contribution in [3.05, 3.63) is 0 Å². The molecule has 0 saturated heterocycles. The predicted octanol–water partition coefficient (Wildman–Crippen LogP) is 13.4. The molecule has 76 heavy (non-hydrogen) atoms. The van der Waals surface area contributed by atoms with Crippen molar-refractivity contribution in [2.75, 3.05) is 80.3 Å². The number of carbonyl (C=O) groups excluding carboxylic acids is 5. The molecular weight excluding hydrogens is 1000 g/mol. The maximum absolute atomic E-state index is 13.0. The molecular formula is C58H109O17P. The van der Waals surface area contributed by atoms with Crippen LogP contribution in [0.3, 0.4) is 0 Å². The summed E-state index contributed by atoms with van der Waals surface area (Å²) in [6.07, 6.45) is 33.7. The Hall–Kier alpha value is -2.50. The van der Waals surface area contributed by atoms with E-state index in [2.05, 4.69) is 13.8 Å². The number of phosphoric ester groups is 1. The van der Waals surface area contributed by atoms with Crippen LogP contribution in [0.4, 0.5) is 0 Å². The van der Waals surface area contributed by atoms with Crippen molar-refractivity contribution in [3.8, 4) is 0 Å². The summed E-state index contributed by atoms with van der Waals surface area (Å²) in [4.78, 5) is 74.0. The fourth-order valence-electron chi connectivity index (χ4n) is 8.36. The van der Waals surface area contributed by atoms with E-state index in [9.17, 15) is 33.4 Å². The number of ketones is 1. The largest absolute Gasteiger partial charge is 0.472 e. The highest BCUT2D eigenvalue weighted by Gasteiger charge is 2.27. The number of phosphoric acid groups is 1. The van der Waals surface area contributed by atoms with Crippen LogP contribution in [0.5, 0.6) is 0 Å². The van der Waals surface area contributed by atoms with Crippen LogP contribution in [0.1, 0.15) is 251 Å². The number of hydrogen-bond donors (Lipinski definition) is 1. The zero-order chi connectivity index (χ0) is 55.8. The van der Waals surface area contributed by atoms with Crippen LogP contribution in [-0.2, 0) is 75.5 Å². The minimum Gasteiger partial charge on any atom is -0.462 e. The maximum Gasteiger partial charge on any atom is 0.472 e. The highest BCUT2D eigenvalue weighted by atomic mass is 31.2. The molecule has 0 heterocycles. The minimum absolute atomic E-state index is 0.00788. The van der Waals surface area contributed by atoms with Crippen LogP contribution in [0, 0.1) is 0 Å². The van der Waals surface area contributed by atoms with E-state index in [1.165, 1.54) is 155 Å². The highest BCUT2D eigenvalue weighted by molar-refractivity contribution is 7.47. The minimum atomic E-state index is -4.71. The van der Waals surface area contributed by atoms with Gasteiger partial charge in [-0.2, -0.15) is 0 Å².